The molecule has 0 spiro atoms. The molecule has 0 aromatic heterocycles. The van der Waals surface area contributed by atoms with Crippen LogP contribution in [-0.2, 0) is 4.79 Å². The van der Waals surface area contributed by atoms with Crippen molar-refractivity contribution in [3.63, 3.8) is 0 Å². The van der Waals surface area contributed by atoms with Crippen LogP contribution < -0.4 is 9.47 Å². The summed E-state index contributed by atoms with van der Waals surface area (Å²) in [6.45, 7) is 4.04. The number of benzene rings is 1. The molecule has 1 aromatic carbocycles. The Morgan fingerprint density at radius 3 is 2.90 bits per heavy atom. The highest BCUT2D eigenvalue weighted by molar-refractivity contribution is 5.75. The Balaban J connectivity index is 1.72. The van der Waals surface area contributed by atoms with E-state index in [2.05, 4.69) is 11.8 Å². The lowest BCUT2D eigenvalue weighted by Gasteiger charge is -2.19. The second kappa shape index (κ2) is 10.2. The molecule has 1 aliphatic carbocycles. The highest BCUT2D eigenvalue weighted by Gasteiger charge is 2.49. The number of aliphatic hydroxyl groups excluding tert-OH is 2. The van der Waals surface area contributed by atoms with Gasteiger partial charge in [-0.25, -0.2) is 0 Å². The van der Waals surface area contributed by atoms with Gasteiger partial charge in [0.05, 0.1) is 25.2 Å². The molecule has 6 nitrogen and oxygen atoms in total. The minimum absolute atomic E-state index is 0.00569. The van der Waals surface area contributed by atoms with Crippen LogP contribution >= 0.6 is 0 Å². The van der Waals surface area contributed by atoms with E-state index in [4.69, 9.17) is 9.47 Å². The van der Waals surface area contributed by atoms with Crippen molar-refractivity contribution in [2.75, 3.05) is 20.7 Å². The van der Waals surface area contributed by atoms with Crippen LogP contribution in [-0.4, -0.2) is 60.0 Å². The number of carbonyl (C=O) groups excluding carboxylic acids is 1. The van der Waals surface area contributed by atoms with Crippen molar-refractivity contribution >= 4 is 5.91 Å². The molecular formula is C25H33NO5. The number of amides is 1. The van der Waals surface area contributed by atoms with Crippen LogP contribution in [0.1, 0.15) is 44.6 Å². The van der Waals surface area contributed by atoms with Crippen molar-refractivity contribution in [3.05, 3.63) is 35.9 Å². The maximum atomic E-state index is 11.8. The van der Waals surface area contributed by atoms with E-state index in [1.54, 1.807) is 32.0 Å². The fourth-order valence-corrected chi connectivity index (χ4v) is 4.28. The molecule has 168 valence electrons. The largest absolute Gasteiger partial charge is 0.489 e. The fourth-order valence-electron chi connectivity index (χ4n) is 4.28. The molecule has 1 heterocycles. The molecule has 6 atom stereocenters. The van der Waals surface area contributed by atoms with E-state index >= 15 is 0 Å². The number of fused-ring (bicyclic) bond motifs is 3. The summed E-state index contributed by atoms with van der Waals surface area (Å²) in [4.78, 5) is 13.3. The average molecular weight is 428 g/mol. The number of hydrogen-bond donors (Lipinski definition) is 2. The Morgan fingerprint density at radius 2 is 2.19 bits per heavy atom. The summed E-state index contributed by atoms with van der Waals surface area (Å²) < 4.78 is 12.0. The second-order valence-electron chi connectivity index (χ2n) is 8.61. The molecule has 1 fully saturated rings. The highest BCUT2D eigenvalue weighted by Crippen LogP contribution is 2.53. The van der Waals surface area contributed by atoms with Crippen LogP contribution in [0.3, 0.4) is 0 Å². The Morgan fingerprint density at radius 1 is 1.42 bits per heavy atom. The fraction of sp³-hybridized carbons (Fsp3) is 0.560. The third-order valence-electron chi connectivity index (χ3n) is 6.16. The van der Waals surface area contributed by atoms with Gasteiger partial charge in [0.2, 0.25) is 5.91 Å². The first-order valence-corrected chi connectivity index (χ1v) is 10.9. The first-order chi connectivity index (χ1) is 14.8. The molecule has 0 saturated heterocycles. The Hall–Kier alpha value is -2.49. The lowest BCUT2D eigenvalue weighted by Crippen LogP contribution is -2.23. The predicted molar refractivity (Wildman–Crippen MR) is 119 cm³/mol. The summed E-state index contributed by atoms with van der Waals surface area (Å²) in [5.41, 5.74) is 1.01. The number of rotatable bonds is 8. The van der Waals surface area contributed by atoms with Crippen molar-refractivity contribution in [1.29, 1.82) is 0 Å². The van der Waals surface area contributed by atoms with Crippen LogP contribution in [0.5, 0.6) is 11.5 Å². The molecule has 0 bridgehead atoms. The zero-order valence-electron chi connectivity index (χ0n) is 18.7. The van der Waals surface area contributed by atoms with E-state index in [1.165, 1.54) is 0 Å². The predicted octanol–water partition coefficient (Wildman–Crippen LogP) is 2.74. The van der Waals surface area contributed by atoms with Gasteiger partial charge in [-0.2, -0.15) is 0 Å². The molecular weight excluding hydrogens is 394 g/mol. The zero-order valence-corrected chi connectivity index (χ0v) is 18.7. The van der Waals surface area contributed by atoms with Crippen LogP contribution in [0.15, 0.2) is 30.4 Å². The smallest absolute Gasteiger partial charge is 0.225 e. The topological polar surface area (TPSA) is 79.2 Å². The van der Waals surface area contributed by atoms with E-state index in [9.17, 15) is 15.0 Å². The summed E-state index contributed by atoms with van der Waals surface area (Å²) in [6, 6.07) is 5.77. The van der Waals surface area contributed by atoms with Gasteiger partial charge < -0.3 is 24.6 Å². The number of nitrogens with zero attached hydrogens (tertiary/aromatic N) is 1. The van der Waals surface area contributed by atoms with E-state index in [1.807, 2.05) is 31.2 Å². The number of hydrogen-bond acceptors (Lipinski definition) is 5. The molecule has 1 aromatic rings. The number of carbonyl (C=O) groups is 1. The lowest BCUT2D eigenvalue weighted by atomic mass is 9.87. The normalized spacial score (nSPS) is 25.7. The van der Waals surface area contributed by atoms with Crippen molar-refractivity contribution in [2.45, 2.75) is 57.3 Å². The van der Waals surface area contributed by atoms with Crippen LogP contribution in [0, 0.1) is 23.7 Å². The summed E-state index contributed by atoms with van der Waals surface area (Å²) in [7, 11) is 3.45. The number of aliphatic hydroxyl groups is 2. The lowest BCUT2D eigenvalue weighted by molar-refractivity contribution is -0.129. The SMILES string of the molecule is CC#CC[C@@H](C)[C@H](O)/C=C/[C@@H]1[C@H]2c3cccc(OCCC(=O)N(C)C)c3O[C@H]2C[C@H]1O. The minimum Gasteiger partial charge on any atom is -0.489 e. The van der Waals surface area contributed by atoms with Crippen molar-refractivity contribution in [1.82, 2.24) is 4.90 Å². The Bertz CT molecular complexity index is 868. The highest BCUT2D eigenvalue weighted by atomic mass is 16.5. The summed E-state index contributed by atoms with van der Waals surface area (Å²) >= 11 is 0. The van der Waals surface area contributed by atoms with E-state index in [0.29, 0.717) is 30.8 Å². The molecule has 1 amide bonds. The van der Waals surface area contributed by atoms with Gasteiger partial charge in [0.15, 0.2) is 11.5 Å². The van der Waals surface area contributed by atoms with Gasteiger partial charge in [0, 0.05) is 44.3 Å². The van der Waals surface area contributed by atoms with Gasteiger partial charge in [-0.3, -0.25) is 4.79 Å². The molecule has 0 unspecified atom stereocenters. The Labute approximate surface area is 184 Å². The third-order valence-corrected chi connectivity index (χ3v) is 6.16. The van der Waals surface area contributed by atoms with Gasteiger partial charge in [-0.05, 0) is 18.9 Å². The van der Waals surface area contributed by atoms with Crippen LogP contribution in [0.4, 0.5) is 0 Å². The summed E-state index contributed by atoms with van der Waals surface area (Å²) in [5, 5.41) is 21.1. The molecule has 0 radical (unpaired) electrons. The first kappa shape index (κ1) is 23.2. The van der Waals surface area contributed by atoms with Crippen molar-refractivity contribution < 1.29 is 24.5 Å². The third kappa shape index (κ3) is 5.23. The van der Waals surface area contributed by atoms with Crippen molar-refractivity contribution in [3.8, 4) is 23.3 Å². The van der Waals surface area contributed by atoms with Crippen LogP contribution in [0.25, 0.3) is 0 Å². The summed E-state index contributed by atoms with van der Waals surface area (Å²) in [5.74, 6) is 7.08. The van der Waals surface area contributed by atoms with Gasteiger partial charge in [0.25, 0.3) is 0 Å². The van der Waals surface area contributed by atoms with E-state index in [0.717, 1.165) is 5.56 Å². The molecule has 2 aliphatic rings. The van der Waals surface area contributed by atoms with Gasteiger partial charge >= 0.3 is 0 Å². The quantitative estimate of drug-likeness (QED) is 0.493. The first-order valence-electron chi connectivity index (χ1n) is 10.9. The standard InChI is InChI=1S/C25H33NO5/c1-5-6-8-16(2)19(27)12-11-17-20(28)15-22-24(17)18-9-7-10-21(25(18)31-22)30-14-13-23(29)26(3)4/h7,9-12,16-17,19-20,22,24,27-28H,8,13-15H2,1-4H3/b12-11+/t16-,17+,19-,20-,22+,24+/m1/s1. The van der Waals surface area contributed by atoms with E-state index in [-0.39, 0.29) is 36.4 Å². The molecule has 3 rings (SSSR count). The number of para-hydroxylation sites is 1. The van der Waals surface area contributed by atoms with Gasteiger partial charge in [0.1, 0.15) is 6.10 Å². The maximum Gasteiger partial charge on any atom is 0.225 e. The molecule has 6 heteroatoms. The summed E-state index contributed by atoms with van der Waals surface area (Å²) in [6.07, 6.45) is 3.89. The average Bonchev–Trinajstić information content (AvgIpc) is 3.25. The van der Waals surface area contributed by atoms with Crippen molar-refractivity contribution in [2.24, 2.45) is 11.8 Å². The second-order valence-corrected chi connectivity index (χ2v) is 8.61. The van der Waals surface area contributed by atoms with Gasteiger partial charge in [-0.15, -0.1) is 11.8 Å². The van der Waals surface area contributed by atoms with Crippen LogP contribution in [0.2, 0.25) is 0 Å². The van der Waals surface area contributed by atoms with Gasteiger partial charge in [-0.1, -0.05) is 31.2 Å². The minimum atomic E-state index is -0.613. The molecule has 1 aliphatic heterocycles. The molecule has 31 heavy (non-hydrogen) atoms. The van der Waals surface area contributed by atoms with E-state index < -0.39 is 12.2 Å². The zero-order chi connectivity index (χ0) is 22.5. The monoisotopic (exact) mass is 427 g/mol. The maximum absolute atomic E-state index is 11.8. The molecule has 2 N–H and O–H groups in total. The molecule has 1 saturated carbocycles. The number of ether oxygens (including phenoxy) is 2. The Kier molecular flexibility index (Phi) is 7.64.